The monoisotopic (exact) mass is 94.0 g/mol. The van der Waals surface area contributed by atoms with Crippen LogP contribution in [-0.2, 0) is 0 Å². The fourth-order valence-electron chi connectivity index (χ4n) is 0.194. The van der Waals surface area contributed by atoms with Crippen LogP contribution in [0.2, 0.25) is 0 Å². The molecule has 0 aliphatic heterocycles. The third-order valence-corrected chi connectivity index (χ3v) is 0.384. The van der Waals surface area contributed by atoms with Gasteiger partial charge in [-0.3, -0.25) is 0 Å². The Morgan fingerprint density at radius 2 is 1.86 bits per heavy atom. The largest absolute Gasteiger partial charge is 1.00 e. The summed E-state index contributed by atoms with van der Waals surface area (Å²) in [5, 5.41) is 0. The average Bonchev–Trinajstić information content (AvgIpc) is 1.86. The minimum absolute atomic E-state index is 0. The van der Waals surface area contributed by atoms with Gasteiger partial charge in [-0.15, -0.1) is 0 Å². The fourth-order valence-corrected chi connectivity index (χ4v) is 0.194. The van der Waals surface area contributed by atoms with Crippen LogP contribution in [0.3, 0.4) is 0 Å². The van der Waals surface area contributed by atoms with Gasteiger partial charge in [0.1, 0.15) is 12.5 Å². The van der Waals surface area contributed by atoms with E-state index in [2.05, 4.69) is 8.83 Å². The van der Waals surface area contributed by atoms with Gasteiger partial charge in [-0.05, 0) is 0 Å². The second-order valence-electron chi connectivity index (χ2n) is 0.758. The van der Waals surface area contributed by atoms with Gasteiger partial charge >= 0.3 is 24.7 Å². The van der Waals surface area contributed by atoms with Crippen LogP contribution < -0.4 is 24.7 Å². The summed E-state index contributed by atoms with van der Waals surface area (Å²) in [7, 11) is 0. The smallest absolute Gasteiger partial charge is 1.00 e. The quantitative estimate of drug-likeness (QED) is 0.330. The van der Waals surface area contributed by atoms with E-state index in [4.69, 9.17) is 0 Å². The van der Waals surface area contributed by atoms with Crippen molar-refractivity contribution in [1.82, 2.24) is 0 Å². The molecule has 4 heteroatoms. The van der Waals surface area contributed by atoms with E-state index >= 15 is 0 Å². The minimum atomic E-state index is -0.657. The molecular weight excluding hydrogens is 91.0 g/mol. The normalized spacial score (nSPS) is 7.43. The zero-order valence-electron chi connectivity index (χ0n) is 4.88. The van der Waals surface area contributed by atoms with Crippen LogP contribution in [0.1, 0.15) is 1.43 Å². The van der Waals surface area contributed by atoms with Crippen LogP contribution in [-0.4, -0.2) is 0 Å². The minimum Gasteiger partial charge on any atom is -1.00 e. The second kappa shape index (κ2) is 2.73. The van der Waals surface area contributed by atoms with Crippen molar-refractivity contribution in [2.75, 3.05) is 0 Å². The Morgan fingerprint density at radius 3 is 2.00 bits per heavy atom. The molecular formula is C3H3LiO3. The molecule has 0 atom stereocenters. The average molecular weight is 94.0 g/mol. The number of hydrogen-bond acceptors (Lipinski definition) is 3. The molecule has 0 aromatic carbocycles. The molecule has 0 radical (unpaired) electrons. The van der Waals surface area contributed by atoms with E-state index < -0.39 is 5.82 Å². The van der Waals surface area contributed by atoms with Crippen LogP contribution in [0.5, 0.6) is 0 Å². The van der Waals surface area contributed by atoms with Gasteiger partial charge in [0.2, 0.25) is 0 Å². The predicted octanol–water partition coefficient (Wildman–Crippen LogP) is -2.65. The molecule has 0 bridgehead atoms. The molecule has 1 heterocycles. The van der Waals surface area contributed by atoms with Gasteiger partial charge in [0.15, 0.2) is 0 Å². The first-order valence-corrected chi connectivity index (χ1v) is 1.42. The van der Waals surface area contributed by atoms with Gasteiger partial charge in [0.05, 0.1) is 0 Å². The Kier molecular flexibility index (Phi) is 2.57. The Morgan fingerprint density at radius 1 is 1.43 bits per heavy atom. The Labute approximate surface area is 53.0 Å². The molecule has 0 N–H and O–H groups in total. The first kappa shape index (κ1) is 6.61. The molecule has 0 aliphatic carbocycles. The molecule has 0 spiro atoms. The Balaban J connectivity index is 0. The van der Waals surface area contributed by atoms with Crippen LogP contribution in [0.25, 0.3) is 0 Å². The molecule has 1 rings (SSSR count). The summed E-state index contributed by atoms with van der Waals surface area (Å²) >= 11 is 0. The maximum absolute atomic E-state index is 9.74. The molecule has 0 aliphatic rings. The van der Waals surface area contributed by atoms with Crippen LogP contribution >= 0.6 is 0 Å². The van der Waals surface area contributed by atoms with Crippen molar-refractivity contribution >= 4 is 0 Å². The summed E-state index contributed by atoms with van der Waals surface area (Å²) < 4.78 is 8.22. The van der Waals surface area contributed by atoms with Gasteiger partial charge in [-0.2, -0.15) is 0 Å². The third kappa shape index (κ3) is 1.67. The summed E-state index contributed by atoms with van der Waals surface area (Å²) in [5.41, 5.74) is 0. The van der Waals surface area contributed by atoms with E-state index in [1.807, 2.05) is 0 Å². The van der Waals surface area contributed by atoms with Gasteiger partial charge < -0.3 is 10.3 Å². The maximum Gasteiger partial charge on any atom is 1.00 e. The molecule has 3 nitrogen and oxygen atoms in total. The molecule has 0 unspecified atom stereocenters. The molecule has 1 aromatic rings. The van der Waals surface area contributed by atoms with Crippen molar-refractivity contribution in [3.05, 3.63) is 23.1 Å². The summed E-state index contributed by atoms with van der Waals surface area (Å²) in [5.74, 6) is -0.657. The zero-order valence-corrected chi connectivity index (χ0v) is 3.88. The van der Waals surface area contributed by atoms with Gasteiger partial charge in [0, 0.05) is 0 Å². The zero-order chi connectivity index (χ0) is 4.41. The molecule has 34 valence electrons. The van der Waals surface area contributed by atoms with E-state index in [1.54, 1.807) is 0 Å². The first-order chi connectivity index (χ1) is 2.89. The van der Waals surface area contributed by atoms with E-state index in [-0.39, 0.29) is 20.3 Å². The standard InChI is InChI=1S/C3H2O3.Li.H/c4-3-5-1-2-6-3;;/h1-2H;;/q;+1;-1. The number of rotatable bonds is 0. The second-order valence-corrected chi connectivity index (χ2v) is 0.758. The van der Waals surface area contributed by atoms with Crippen molar-refractivity contribution in [2.45, 2.75) is 0 Å². The Hall–Kier alpha value is -0.393. The SMILES string of the molecule is O=c1occo1.[H-].[Li+]. The van der Waals surface area contributed by atoms with E-state index in [1.165, 1.54) is 12.5 Å². The van der Waals surface area contributed by atoms with E-state index in [0.29, 0.717) is 0 Å². The van der Waals surface area contributed by atoms with E-state index in [9.17, 15) is 4.79 Å². The molecule has 0 amide bonds. The maximum atomic E-state index is 9.74. The summed E-state index contributed by atoms with van der Waals surface area (Å²) in [6.07, 6.45) is 2.37. The van der Waals surface area contributed by atoms with Gasteiger partial charge in [-0.25, -0.2) is 4.79 Å². The van der Waals surface area contributed by atoms with Crippen LogP contribution in [0.15, 0.2) is 26.2 Å². The topological polar surface area (TPSA) is 43.4 Å². The van der Waals surface area contributed by atoms with Crippen molar-refractivity contribution in [1.29, 1.82) is 0 Å². The van der Waals surface area contributed by atoms with Crippen LogP contribution in [0.4, 0.5) is 0 Å². The summed E-state index contributed by atoms with van der Waals surface area (Å²) in [6, 6.07) is 0. The van der Waals surface area contributed by atoms with Gasteiger partial charge in [-0.1, -0.05) is 0 Å². The Bertz CT molecular complexity index is 152. The van der Waals surface area contributed by atoms with Crippen LogP contribution in [0, 0.1) is 0 Å². The predicted molar refractivity (Wildman–Crippen MR) is 18.4 cm³/mol. The van der Waals surface area contributed by atoms with Crippen molar-refractivity contribution in [2.24, 2.45) is 0 Å². The molecule has 0 saturated carbocycles. The molecule has 7 heavy (non-hydrogen) atoms. The fraction of sp³-hybridized carbons (Fsp3) is 0. The van der Waals surface area contributed by atoms with Crippen molar-refractivity contribution in [3.8, 4) is 0 Å². The van der Waals surface area contributed by atoms with Gasteiger partial charge in [0.25, 0.3) is 0 Å². The van der Waals surface area contributed by atoms with Crippen molar-refractivity contribution < 1.29 is 29.1 Å². The molecule has 1 aromatic heterocycles. The number of hydrogen-bond donors (Lipinski definition) is 0. The van der Waals surface area contributed by atoms with Crippen molar-refractivity contribution in [3.63, 3.8) is 0 Å². The summed E-state index contributed by atoms with van der Waals surface area (Å²) in [4.78, 5) is 9.74. The summed E-state index contributed by atoms with van der Waals surface area (Å²) in [6.45, 7) is 0. The molecule has 0 fully saturated rings. The molecule has 0 saturated heterocycles. The third-order valence-electron chi connectivity index (χ3n) is 0.384. The van der Waals surface area contributed by atoms with E-state index in [0.717, 1.165) is 0 Å². The first-order valence-electron chi connectivity index (χ1n) is 1.42.